The molecule has 0 unspecified atom stereocenters. The minimum atomic E-state index is -5.08. The van der Waals surface area contributed by atoms with Gasteiger partial charge >= 0.3 is 24.3 Å². The van der Waals surface area contributed by atoms with Gasteiger partial charge in [0.05, 0.1) is 18.8 Å². The molecule has 9 nitrogen and oxygen atoms in total. The number of aliphatic carboxylic acids is 2. The molecule has 0 fully saturated rings. The molecule has 1 aromatic heterocycles. The van der Waals surface area contributed by atoms with Crippen molar-refractivity contribution in [3.05, 3.63) is 17.2 Å². The summed E-state index contributed by atoms with van der Waals surface area (Å²) >= 11 is 0. The Morgan fingerprint density at radius 2 is 1.37 bits per heavy atom. The van der Waals surface area contributed by atoms with Crippen molar-refractivity contribution in [2.45, 2.75) is 32.7 Å². The molecular weight excluding hydrogens is 430 g/mol. The second-order valence-electron chi connectivity index (χ2n) is 5.88. The summed E-state index contributed by atoms with van der Waals surface area (Å²) in [6.07, 6.45) is -10.2. The number of aromatic nitrogens is 2. The maximum atomic E-state index is 11.4. The van der Waals surface area contributed by atoms with E-state index in [1.54, 1.807) is 0 Å². The van der Waals surface area contributed by atoms with E-state index in [1.807, 2.05) is 44.5 Å². The average molecular weight is 452 g/mol. The lowest BCUT2D eigenvalue weighted by atomic mass is 10.4. The zero-order valence-corrected chi connectivity index (χ0v) is 16.6. The van der Waals surface area contributed by atoms with Crippen molar-refractivity contribution in [1.82, 2.24) is 19.8 Å². The number of halogens is 6. The number of alkyl halides is 6. The predicted octanol–water partition coefficient (Wildman–Crippen LogP) is 1.48. The molecule has 0 bridgehead atoms. The van der Waals surface area contributed by atoms with Gasteiger partial charge in [-0.3, -0.25) is 4.79 Å². The van der Waals surface area contributed by atoms with E-state index < -0.39 is 24.3 Å². The van der Waals surface area contributed by atoms with E-state index in [2.05, 4.69) is 10.3 Å². The molecule has 0 saturated carbocycles. The minimum Gasteiger partial charge on any atom is -0.475 e. The summed E-state index contributed by atoms with van der Waals surface area (Å²) in [4.78, 5) is 35.5. The lowest BCUT2D eigenvalue weighted by molar-refractivity contribution is -0.193. The van der Waals surface area contributed by atoms with Crippen LogP contribution in [0.1, 0.15) is 17.2 Å². The van der Waals surface area contributed by atoms with Gasteiger partial charge in [0.15, 0.2) is 0 Å². The Labute approximate surface area is 167 Å². The van der Waals surface area contributed by atoms with Crippen molar-refractivity contribution in [2.24, 2.45) is 7.05 Å². The van der Waals surface area contributed by atoms with Crippen molar-refractivity contribution in [3.63, 3.8) is 0 Å². The number of nitrogens with one attached hydrogen (secondary N) is 1. The zero-order valence-electron chi connectivity index (χ0n) is 16.6. The molecule has 0 atom stereocenters. The topological polar surface area (TPSA) is 125 Å². The van der Waals surface area contributed by atoms with Crippen LogP contribution in [0.2, 0.25) is 0 Å². The first-order chi connectivity index (χ1) is 13.3. The lowest BCUT2D eigenvalue weighted by Gasteiger charge is -2.10. The highest BCUT2D eigenvalue weighted by Crippen LogP contribution is 2.13. The number of likely N-dealkylation sites (N-methyl/N-ethyl adjacent to an activating group) is 1. The molecule has 0 saturated heterocycles. The first-order valence-electron chi connectivity index (χ1n) is 7.81. The molecule has 1 rings (SSSR count). The molecule has 0 aliphatic heterocycles. The molecule has 0 aliphatic carbocycles. The number of carboxylic acid groups (broad SMARTS) is 2. The standard InChI is InChI=1S/C11H20N4O.2C2HF3O2/c1-8-9(2)15(5)10(13-8)6-12-11(16)7-14(3)4;2*3-2(4,5)1(6)7/h6-7H2,1-5H3,(H,12,16);2*(H,6,7). The van der Waals surface area contributed by atoms with Crippen molar-refractivity contribution < 1.29 is 50.9 Å². The molecule has 174 valence electrons. The maximum absolute atomic E-state index is 11.4. The van der Waals surface area contributed by atoms with Gasteiger partial charge in [0.2, 0.25) is 5.91 Å². The Hall–Kier alpha value is -2.84. The summed E-state index contributed by atoms with van der Waals surface area (Å²) in [6, 6.07) is 0. The van der Waals surface area contributed by atoms with Crippen molar-refractivity contribution >= 4 is 17.8 Å². The molecule has 0 aliphatic rings. The summed E-state index contributed by atoms with van der Waals surface area (Å²) in [7, 11) is 5.70. The van der Waals surface area contributed by atoms with Crippen LogP contribution >= 0.6 is 0 Å². The first-order valence-corrected chi connectivity index (χ1v) is 7.81. The lowest BCUT2D eigenvalue weighted by Crippen LogP contribution is -2.33. The summed E-state index contributed by atoms with van der Waals surface area (Å²) in [5.74, 6) is -4.61. The summed E-state index contributed by atoms with van der Waals surface area (Å²) in [5.41, 5.74) is 2.15. The molecule has 0 aromatic carbocycles. The molecule has 0 spiro atoms. The van der Waals surface area contributed by atoms with Gasteiger partial charge in [-0.25, -0.2) is 14.6 Å². The fourth-order valence-electron chi connectivity index (χ4n) is 1.46. The zero-order chi connectivity index (χ0) is 24.4. The third-order valence-electron chi connectivity index (χ3n) is 3.10. The Kier molecular flexibility index (Phi) is 11.7. The number of rotatable bonds is 4. The van der Waals surface area contributed by atoms with Crippen molar-refractivity contribution in [1.29, 1.82) is 0 Å². The van der Waals surface area contributed by atoms with Crippen LogP contribution < -0.4 is 5.32 Å². The minimum absolute atomic E-state index is 0.0170. The highest BCUT2D eigenvalue weighted by molar-refractivity contribution is 5.77. The van der Waals surface area contributed by atoms with E-state index in [-0.39, 0.29) is 5.91 Å². The Bertz CT molecular complexity index is 704. The number of hydrogen-bond donors (Lipinski definition) is 3. The predicted molar refractivity (Wildman–Crippen MR) is 90.5 cm³/mol. The molecule has 15 heteroatoms. The van der Waals surface area contributed by atoms with E-state index in [4.69, 9.17) is 19.8 Å². The number of carboxylic acids is 2. The van der Waals surface area contributed by atoms with Crippen LogP contribution in [0.25, 0.3) is 0 Å². The van der Waals surface area contributed by atoms with Crippen LogP contribution in [0.5, 0.6) is 0 Å². The van der Waals surface area contributed by atoms with E-state index in [9.17, 15) is 31.1 Å². The number of amides is 1. The Balaban J connectivity index is 0. The summed E-state index contributed by atoms with van der Waals surface area (Å²) < 4.78 is 65.5. The van der Waals surface area contributed by atoms with Gasteiger partial charge in [0.25, 0.3) is 0 Å². The maximum Gasteiger partial charge on any atom is 0.490 e. The van der Waals surface area contributed by atoms with Gasteiger partial charge in [0.1, 0.15) is 5.82 Å². The SMILES string of the molecule is Cc1nc(CNC(=O)CN(C)C)n(C)c1C.O=C(O)C(F)(F)F.O=C(O)C(F)(F)F. The van der Waals surface area contributed by atoms with Gasteiger partial charge in [-0.15, -0.1) is 0 Å². The van der Waals surface area contributed by atoms with Crippen LogP contribution in [-0.4, -0.2) is 75.5 Å². The monoisotopic (exact) mass is 452 g/mol. The average Bonchev–Trinajstić information content (AvgIpc) is 2.78. The smallest absolute Gasteiger partial charge is 0.475 e. The van der Waals surface area contributed by atoms with Gasteiger partial charge in [-0.1, -0.05) is 0 Å². The van der Waals surface area contributed by atoms with Crippen LogP contribution in [0.4, 0.5) is 26.3 Å². The van der Waals surface area contributed by atoms with Crippen LogP contribution in [0, 0.1) is 13.8 Å². The fraction of sp³-hybridized carbons (Fsp3) is 0.600. The third-order valence-corrected chi connectivity index (χ3v) is 3.10. The molecule has 30 heavy (non-hydrogen) atoms. The Morgan fingerprint density at radius 3 is 1.60 bits per heavy atom. The second kappa shape index (κ2) is 12.0. The highest BCUT2D eigenvalue weighted by atomic mass is 19.4. The second-order valence-corrected chi connectivity index (χ2v) is 5.88. The number of hydrogen-bond acceptors (Lipinski definition) is 5. The summed E-state index contributed by atoms with van der Waals surface area (Å²) in [5, 5.41) is 17.1. The van der Waals surface area contributed by atoms with E-state index >= 15 is 0 Å². The Morgan fingerprint density at radius 1 is 1.00 bits per heavy atom. The highest BCUT2D eigenvalue weighted by Gasteiger charge is 2.38. The van der Waals surface area contributed by atoms with E-state index in [0.29, 0.717) is 13.1 Å². The van der Waals surface area contributed by atoms with Gasteiger partial charge in [-0.2, -0.15) is 26.3 Å². The van der Waals surface area contributed by atoms with Crippen molar-refractivity contribution in [2.75, 3.05) is 20.6 Å². The van der Waals surface area contributed by atoms with E-state index in [1.165, 1.54) is 0 Å². The largest absolute Gasteiger partial charge is 0.490 e. The number of carbonyl (C=O) groups excluding carboxylic acids is 1. The van der Waals surface area contributed by atoms with Gasteiger partial charge in [0, 0.05) is 12.7 Å². The van der Waals surface area contributed by atoms with E-state index in [0.717, 1.165) is 17.2 Å². The molecule has 1 aromatic rings. The molecular formula is C15H22F6N4O5. The summed E-state index contributed by atoms with van der Waals surface area (Å²) in [6.45, 7) is 4.88. The molecule has 0 radical (unpaired) electrons. The third kappa shape index (κ3) is 12.6. The molecule has 1 amide bonds. The van der Waals surface area contributed by atoms with Crippen LogP contribution in [0.15, 0.2) is 0 Å². The first kappa shape index (κ1) is 29.4. The number of aryl methyl sites for hydroxylation is 1. The van der Waals surface area contributed by atoms with Crippen molar-refractivity contribution in [3.8, 4) is 0 Å². The number of carbonyl (C=O) groups is 3. The molecule has 1 heterocycles. The van der Waals surface area contributed by atoms with Crippen LogP contribution in [-0.2, 0) is 28.0 Å². The fourth-order valence-corrected chi connectivity index (χ4v) is 1.46. The number of imidazole rings is 1. The normalized spacial score (nSPS) is 11.1. The number of nitrogens with zero attached hydrogens (tertiary/aromatic N) is 3. The van der Waals surface area contributed by atoms with Gasteiger partial charge in [-0.05, 0) is 27.9 Å². The quantitative estimate of drug-likeness (QED) is 0.591. The molecule has 3 N–H and O–H groups in total. The van der Waals surface area contributed by atoms with Crippen LogP contribution in [0.3, 0.4) is 0 Å². The van der Waals surface area contributed by atoms with Gasteiger partial charge < -0.3 is 25.0 Å².